The topological polar surface area (TPSA) is 38.7 Å². The van der Waals surface area contributed by atoms with Crippen LogP contribution >= 0.6 is 11.8 Å². The SMILES string of the molecule is O=C=NCc1ccc(OC2CCSCC2)cc1. The van der Waals surface area contributed by atoms with Crippen LogP contribution in [0.2, 0.25) is 0 Å². The predicted octanol–water partition coefficient (Wildman–Crippen LogP) is 2.80. The Hall–Kier alpha value is -1.25. The van der Waals surface area contributed by atoms with Crippen molar-refractivity contribution in [2.45, 2.75) is 25.5 Å². The monoisotopic (exact) mass is 249 g/mol. The number of rotatable bonds is 4. The van der Waals surface area contributed by atoms with Gasteiger partial charge < -0.3 is 4.74 Å². The molecular formula is C13H15NO2S. The van der Waals surface area contributed by atoms with Crippen LogP contribution in [0.5, 0.6) is 5.75 Å². The maximum Gasteiger partial charge on any atom is 0.235 e. The van der Waals surface area contributed by atoms with Gasteiger partial charge in [0.15, 0.2) is 0 Å². The van der Waals surface area contributed by atoms with Gasteiger partial charge in [0.05, 0.1) is 6.54 Å². The molecular weight excluding hydrogens is 234 g/mol. The van der Waals surface area contributed by atoms with Gasteiger partial charge in [0.1, 0.15) is 11.9 Å². The van der Waals surface area contributed by atoms with E-state index in [0.717, 1.165) is 24.2 Å². The van der Waals surface area contributed by atoms with E-state index in [1.54, 1.807) is 0 Å². The van der Waals surface area contributed by atoms with Gasteiger partial charge in [-0.05, 0) is 42.0 Å². The van der Waals surface area contributed by atoms with Crippen LogP contribution in [0.25, 0.3) is 0 Å². The summed E-state index contributed by atoms with van der Waals surface area (Å²) in [6.45, 7) is 0.393. The maximum atomic E-state index is 9.99. The van der Waals surface area contributed by atoms with Crippen molar-refractivity contribution < 1.29 is 9.53 Å². The van der Waals surface area contributed by atoms with E-state index in [1.807, 2.05) is 36.0 Å². The molecule has 0 radical (unpaired) electrons. The van der Waals surface area contributed by atoms with Crippen molar-refractivity contribution in [1.29, 1.82) is 0 Å². The van der Waals surface area contributed by atoms with Gasteiger partial charge in [0.25, 0.3) is 0 Å². The van der Waals surface area contributed by atoms with E-state index in [0.29, 0.717) is 12.6 Å². The summed E-state index contributed by atoms with van der Waals surface area (Å²) >= 11 is 1.99. The summed E-state index contributed by atoms with van der Waals surface area (Å²) in [4.78, 5) is 13.5. The third-order valence-corrected chi connectivity index (χ3v) is 3.77. The van der Waals surface area contributed by atoms with Crippen molar-refractivity contribution in [1.82, 2.24) is 0 Å². The highest BCUT2D eigenvalue weighted by Gasteiger charge is 2.14. The van der Waals surface area contributed by atoms with Gasteiger partial charge in [-0.3, -0.25) is 0 Å². The molecule has 0 aromatic heterocycles. The fourth-order valence-corrected chi connectivity index (χ4v) is 2.85. The van der Waals surface area contributed by atoms with Crippen LogP contribution in [0.15, 0.2) is 29.3 Å². The van der Waals surface area contributed by atoms with Gasteiger partial charge in [0, 0.05) is 0 Å². The van der Waals surface area contributed by atoms with Crippen LogP contribution in [0.3, 0.4) is 0 Å². The number of hydrogen-bond donors (Lipinski definition) is 0. The zero-order valence-corrected chi connectivity index (χ0v) is 10.4. The third-order valence-electron chi connectivity index (χ3n) is 2.72. The molecule has 1 aliphatic heterocycles. The Kier molecular flexibility index (Phi) is 4.65. The average molecular weight is 249 g/mol. The molecule has 0 saturated carbocycles. The molecule has 1 aromatic rings. The number of benzene rings is 1. The van der Waals surface area contributed by atoms with Crippen molar-refractivity contribution >= 4 is 17.8 Å². The van der Waals surface area contributed by atoms with E-state index in [-0.39, 0.29) is 0 Å². The molecule has 1 fully saturated rings. The van der Waals surface area contributed by atoms with Gasteiger partial charge in [-0.25, -0.2) is 9.79 Å². The lowest BCUT2D eigenvalue weighted by Crippen LogP contribution is -2.21. The second kappa shape index (κ2) is 6.48. The number of ether oxygens (including phenoxy) is 1. The first-order chi connectivity index (χ1) is 8.38. The lowest BCUT2D eigenvalue weighted by Gasteiger charge is -2.22. The highest BCUT2D eigenvalue weighted by molar-refractivity contribution is 7.99. The van der Waals surface area contributed by atoms with Crippen LogP contribution in [-0.4, -0.2) is 23.7 Å². The van der Waals surface area contributed by atoms with Crippen LogP contribution in [0, 0.1) is 0 Å². The second-order valence-corrected chi connectivity index (χ2v) is 5.21. The molecule has 0 bridgehead atoms. The Morgan fingerprint density at radius 2 is 2.00 bits per heavy atom. The molecule has 0 unspecified atom stereocenters. The second-order valence-electron chi connectivity index (χ2n) is 3.98. The van der Waals surface area contributed by atoms with E-state index in [9.17, 15) is 4.79 Å². The summed E-state index contributed by atoms with van der Waals surface area (Å²) in [5.74, 6) is 3.29. The van der Waals surface area contributed by atoms with E-state index in [2.05, 4.69) is 4.99 Å². The van der Waals surface area contributed by atoms with Crippen molar-refractivity contribution in [3.63, 3.8) is 0 Å². The van der Waals surface area contributed by atoms with Crippen LogP contribution in [0.1, 0.15) is 18.4 Å². The minimum Gasteiger partial charge on any atom is -0.490 e. The molecule has 2 rings (SSSR count). The van der Waals surface area contributed by atoms with Crippen molar-refractivity contribution in [2.75, 3.05) is 11.5 Å². The molecule has 1 aromatic carbocycles. The molecule has 0 N–H and O–H groups in total. The maximum absolute atomic E-state index is 9.99. The van der Waals surface area contributed by atoms with Gasteiger partial charge in [-0.1, -0.05) is 12.1 Å². The number of hydrogen-bond acceptors (Lipinski definition) is 4. The zero-order valence-electron chi connectivity index (χ0n) is 9.59. The lowest BCUT2D eigenvalue weighted by atomic mass is 10.2. The minimum atomic E-state index is 0.357. The molecule has 17 heavy (non-hydrogen) atoms. The van der Waals surface area contributed by atoms with Crippen molar-refractivity contribution in [3.05, 3.63) is 29.8 Å². The summed E-state index contributed by atoms with van der Waals surface area (Å²) in [5.41, 5.74) is 1.000. The predicted molar refractivity (Wildman–Crippen MR) is 69.2 cm³/mol. The van der Waals surface area contributed by atoms with Crippen LogP contribution in [-0.2, 0) is 11.3 Å². The summed E-state index contributed by atoms with van der Waals surface area (Å²) in [6, 6.07) is 7.76. The summed E-state index contributed by atoms with van der Waals surface area (Å²) < 4.78 is 5.89. The number of aliphatic imine (C=N–C) groups is 1. The summed E-state index contributed by atoms with van der Waals surface area (Å²) in [7, 11) is 0. The first-order valence-corrected chi connectivity index (χ1v) is 6.91. The van der Waals surface area contributed by atoms with Crippen molar-refractivity contribution in [2.24, 2.45) is 4.99 Å². The highest BCUT2D eigenvalue weighted by Crippen LogP contribution is 2.22. The standard InChI is InChI=1S/C13H15NO2S/c15-10-14-9-11-1-3-12(4-2-11)16-13-5-7-17-8-6-13/h1-4,13H,5-9H2. The van der Waals surface area contributed by atoms with E-state index < -0.39 is 0 Å². The molecule has 1 saturated heterocycles. The highest BCUT2D eigenvalue weighted by atomic mass is 32.2. The van der Waals surface area contributed by atoms with E-state index >= 15 is 0 Å². The molecule has 1 aliphatic rings. The van der Waals surface area contributed by atoms with Crippen LogP contribution in [0.4, 0.5) is 0 Å². The minimum absolute atomic E-state index is 0.357. The van der Waals surface area contributed by atoms with Crippen molar-refractivity contribution in [3.8, 4) is 5.75 Å². The Morgan fingerprint density at radius 3 is 2.65 bits per heavy atom. The normalized spacial score (nSPS) is 16.2. The largest absolute Gasteiger partial charge is 0.490 e. The average Bonchev–Trinajstić information content (AvgIpc) is 2.39. The summed E-state index contributed by atoms with van der Waals surface area (Å²) in [6.07, 6.45) is 4.15. The quantitative estimate of drug-likeness (QED) is 0.608. The molecule has 0 amide bonds. The van der Waals surface area contributed by atoms with E-state index in [1.165, 1.54) is 17.6 Å². The Labute approximate surface area is 105 Å². The molecule has 1 heterocycles. The first kappa shape index (κ1) is 12.2. The number of isocyanates is 1. The van der Waals surface area contributed by atoms with Crippen LogP contribution < -0.4 is 4.74 Å². The molecule has 4 heteroatoms. The fourth-order valence-electron chi connectivity index (χ4n) is 1.78. The Morgan fingerprint density at radius 1 is 1.29 bits per heavy atom. The molecule has 0 spiro atoms. The Balaban J connectivity index is 1.90. The van der Waals surface area contributed by atoms with Gasteiger partial charge in [-0.15, -0.1) is 0 Å². The Bertz CT molecular complexity index is 392. The van der Waals surface area contributed by atoms with Gasteiger partial charge >= 0.3 is 0 Å². The summed E-state index contributed by atoms with van der Waals surface area (Å²) in [5, 5.41) is 0. The molecule has 90 valence electrons. The number of thioether (sulfide) groups is 1. The first-order valence-electron chi connectivity index (χ1n) is 5.75. The van der Waals surface area contributed by atoms with E-state index in [4.69, 9.17) is 4.74 Å². The number of carbonyl (C=O) groups excluding carboxylic acids is 1. The van der Waals surface area contributed by atoms with Gasteiger partial charge in [-0.2, -0.15) is 11.8 Å². The molecule has 0 atom stereocenters. The molecule has 0 aliphatic carbocycles. The smallest absolute Gasteiger partial charge is 0.235 e. The fraction of sp³-hybridized carbons (Fsp3) is 0.462. The lowest BCUT2D eigenvalue weighted by molar-refractivity contribution is 0.192. The van der Waals surface area contributed by atoms with Gasteiger partial charge in [0.2, 0.25) is 6.08 Å². The zero-order chi connectivity index (χ0) is 11.9. The number of nitrogens with zero attached hydrogens (tertiary/aromatic N) is 1. The third kappa shape index (κ3) is 3.91. The molecule has 3 nitrogen and oxygen atoms in total.